The van der Waals surface area contributed by atoms with Crippen LogP contribution in [0, 0.1) is 11.7 Å². The number of aromatic nitrogens is 1. The number of rotatable bonds is 6. The molecule has 0 spiro atoms. The molecular formula is C32H37FN4O5. The summed E-state index contributed by atoms with van der Waals surface area (Å²) < 4.78 is 25.5. The van der Waals surface area contributed by atoms with Gasteiger partial charge in [-0.3, -0.25) is 14.5 Å². The van der Waals surface area contributed by atoms with Crippen LogP contribution < -0.4 is 5.73 Å². The first-order chi connectivity index (χ1) is 20.3. The van der Waals surface area contributed by atoms with Crippen molar-refractivity contribution in [1.82, 2.24) is 14.8 Å². The predicted octanol–water partition coefficient (Wildman–Crippen LogP) is 4.46. The number of benzene rings is 2. The molecule has 2 aromatic carbocycles. The zero-order valence-corrected chi connectivity index (χ0v) is 23.7. The monoisotopic (exact) mass is 576 g/mol. The number of nitrogens with one attached hydrogen (secondary N) is 1. The fourth-order valence-electron chi connectivity index (χ4n) is 7.26. The number of nitrogens with zero attached hydrogens (tertiary/aromatic N) is 2. The van der Waals surface area contributed by atoms with Crippen LogP contribution in [-0.4, -0.2) is 70.1 Å². The normalized spacial score (nSPS) is 24.9. The van der Waals surface area contributed by atoms with Crippen LogP contribution in [0.2, 0.25) is 0 Å². The molecule has 42 heavy (non-hydrogen) atoms. The smallest absolute Gasteiger partial charge is 0.410 e. The van der Waals surface area contributed by atoms with Gasteiger partial charge in [0, 0.05) is 36.5 Å². The van der Waals surface area contributed by atoms with Gasteiger partial charge >= 0.3 is 12.1 Å². The van der Waals surface area contributed by atoms with Crippen LogP contribution in [-0.2, 0) is 25.7 Å². The molecule has 1 aliphatic carbocycles. The molecule has 6 rings (SSSR count). The lowest BCUT2D eigenvalue weighted by Crippen LogP contribution is -2.52. The van der Waals surface area contributed by atoms with Crippen LogP contribution in [0.4, 0.5) is 9.18 Å². The topological polar surface area (TPSA) is 118 Å². The number of ether oxygens (including phenoxy) is 2. The molecule has 2 saturated heterocycles. The van der Waals surface area contributed by atoms with E-state index in [0.717, 1.165) is 48.6 Å². The molecule has 3 fully saturated rings. The van der Waals surface area contributed by atoms with E-state index in [9.17, 15) is 18.8 Å². The molecule has 3 aromatic rings. The minimum absolute atomic E-state index is 0.0814. The zero-order valence-electron chi connectivity index (χ0n) is 23.7. The van der Waals surface area contributed by atoms with Gasteiger partial charge in [0.05, 0.1) is 24.7 Å². The van der Waals surface area contributed by atoms with E-state index < -0.39 is 36.3 Å². The summed E-state index contributed by atoms with van der Waals surface area (Å²) in [5.41, 5.74) is 8.95. The van der Waals surface area contributed by atoms with Gasteiger partial charge in [-0.05, 0) is 48.1 Å². The summed E-state index contributed by atoms with van der Waals surface area (Å²) in [7, 11) is 0. The number of fused-ring (bicyclic) bond motifs is 2. The molecule has 2 amide bonds. The van der Waals surface area contributed by atoms with Gasteiger partial charge in [-0.15, -0.1) is 0 Å². The first-order valence-electron chi connectivity index (χ1n) is 14.8. The highest BCUT2D eigenvalue weighted by Crippen LogP contribution is 2.45. The van der Waals surface area contributed by atoms with Crippen molar-refractivity contribution in [3.63, 3.8) is 0 Å². The maximum Gasteiger partial charge on any atom is 0.410 e. The van der Waals surface area contributed by atoms with E-state index in [0.29, 0.717) is 5.52 Å². The number of hydrogen-bond donors (Lipinski definition) is 2. The van der Waals surface area contributed by atoms with Crippen LogP contribution >= 0.6 is 0 Å². The summed E-state index contributed by atoms with van der Waals surface area (Å²) in [6.45, 7) is 1.77. The average molecular weight is 577 g/mol. The number of H-pyrrole nitrogens is 1. The van der Waals surface area contributed by atoms with E-state index in [1.165, 1.54) is 19.1 Å². The van der Waals surface area contributed by atoms with Gasteiger partial charge in [-0.25, -0.2) is 9.18 Å². The highest BCUT2D eigenvalue weighted by molar-refractivity contribution is 5.86. The maximum absolute atomic E-state index is 14.1. The van der Waals surface area contributed by atoms with E-state index in [4.69, 9.17) is 15.2 Å². The largest absolute Gasteiger partial charge is 0.458 e. The van der Waals surface area contributed by atoms with Crippen molar-refractivity contribution in [2.24, 2.45) is 11.7 Å². The van der Waals surface area contributed by atoms with Crippen molar-refractivity contribution in [2.75, 3.05) is 13.1 Å². The van der Waals surface area contributed by atoms with Crippen molar-refractivity contribution in [3.05, 3.63) is 71.7 Å². The number of nitrogens with two attached hydrogens (primary N) is 1. The van der Waals surface area contributed by atoms with Crippen molar-refractivity contribution < 1.29 is 28.2 Å². The van der Waals surface area contributed by atoms with Crippen molar-refractivity contribution >= 4 is 28.9 Å². The first kappa shape index (κ1) is 28.2. The van der Waals surface area contributed by atoms with Crippen LogP contribution in [0.5, 0.6) is 0 Å². The quantitative estimate of drug-likeness (QED) is 0.419. The number of halogens is 1. The Balaban J connectivity index is 1.36. The Hall–Kier alpha value is -3.92. The molecule has 3 N–H and O–H groups in total. The van der Waals surface area contributed by atoms with Crippen LogP contribution in [0.15, 0.2) is 54.7 Å². The molecule has 3 aliphatic rings. The molecular weight excluding hydrogens is 539 g/mol. The Morgan fingerprint density at radius 2 is 1.79 bits per heavy atom. The highest BCUT2D eigenvalue weighted by atomic mass is 19.1. The van der Waals surface area contributed by atoms with Gasteiger partial charge in [-0.2, -0.15) is 0 Å². The fourth-order valence-corrected chi connectivity index (χ4v) is 7.26. The molecule has 3 heterocycles. The number of likely N-dealkylation sites (tertiary alicyclic amines) is 2. The molecule has 222 valence electrons. The van der Waals surface area contributed by atoms with Gasteiger partial charge in [-0.1, -0.05) is 49.6 Å². The van der Waals surface area contributed by atoms with E-state index in [1.54, 1.807) is 15.9 Å². The second kappa shape index (κ2) is 11.8. The third-order valence-corrected chi connectivity index (χ3v) is 9.19. The maximum atomic E-state index is 14.1. The first-order valence-corrected chi connectivity index (χ1v) is 14.8. The Labute approximate surface area is 244 Å². The molecule has 1 aromatic heterocycles. The molecule has 10 heteroatoms. The SMILES string of the molecule is CC(=O)O[C@@H]1CN(C(=O)[C@@H](N)C2CCCCC2)[C@H]2[C@@H]1N(C(=O)OCc1ccccc1)C[C@H]2c1c[nH]c2cc(F)ccc12. The Morgan fingerprint density at radius 3 is 2.52 bits per heavy atom. The molecule has 0 radical (unpaired) electrons. The minimum atomic E-state index is -0.744. The number of carbonyl (C=O) groups excluding carboxylic acids is 3. The molecule has 0 unspecified atom stereocenters. The summed E-state index contributed by atoms with van der Waals surface area (Å²) in [5, 5.41) is 0.805. The average Bonchev–Trinajstić information content (AvgIpc) is 3.69. The van der Waals surface area contributed by atoms with Gasteiger partial charge < -0.3 is 25.1 Å². The lowest BCUT2D eigenvalue weighted by Gasteiger charge is -2.33. The van der Waals surface area contributed by atoms with E-state index >= 15 is 0 Å². The summed E-state index contributed by atoms with van der Waals surface area (Å²) in [6, 6.07) is 12.1. The minimum Gasteiger partial charge on any atom is -0.458 e. The van der Waals surface area contributed by atoms with Crippen LogP contribution in [0.25, 0.3) is 10.9 Å². The Bertz CT molecular complexity index is 1460. The summed E-state index contributed by atoms with van der Waals surface area (Å²) in [6.07, 6.45) is 5.55. The van der Waals surface area contributed by atoms with E-state index in [2.05, 4.69) is 4.98 Å². The van der Waals surface area contributed by atoms with Gasteiger partial charge in [0.2, 0.25) is 5.91 Å². The van der Waals surface area contributed by atoms with Crippen LogP contribution in [0.1, 0.15) is 56.1 Å². The second-order valence-electron chi connectivity index (χ2n) is 11.8. The summed E-state index contributed by atoms with van der Waals surface area (Å²) in [5.74, 6) is -1.31. The molecule has 9 nitrogen and oxygen atoms in total. The van der Waals surface area contributed by atoms with Crippen molar-refractivity contribution in [1.29, 1.82) is 0 Å². The van der Waals surface area contributed by atoms with Crippen molar-refractivity contribution in [2.45, 2.75) is 75.8 Å². The van der Waals surface area contributed by atoms with Gasteiger partial charge in [0.1, 0.15) is 18.5 Å². The number of esters is 1. The zero-order chi connectivity index (χ0) is 29.4. The lowest BCUT2D eigenvalue weighted by atomic mass is 9.83. The summed E-state index contributed by atoms with van der Waals surface area (Å²) >= 11 is 0. The predicted molar refractivity (Wildman–Crippen MR) is 154 cm³/mol. The van der Waals surface area contributed by atoms with Gasteiger partial charge in [0.15, 0.2) is 0 Å². The second-order valence-corrected chi connectivity index (χ2v) is 11.8. The third kappa shape index (κ3) is 5.35. The van der Waals surface area contributed by atoms with E-state index in [1.807, 2.05) is 36.5 Å². The fraction of sp³-hybridized carbons (Fsp3) is 0.469. The number of hydrogen-bond acceptors (Lipinski definition) is 6. The standard InChI is InChI=1S/C32H37FN4O5/c1-19(38)42-27-17-36(31(39)28(34)21-10-6-3-7-11-21)29-25(24-15-35-26-14-22(33)12-13-23(24)26)16-37(30(27)29)32(40)41-18-20-8-4-2-5-9-20/h2,4-5,8-9,12-15,21,25,27-30,35H,3,6-7,10-11,16-18,34H2,1H3/t25-,27+,28-,29+,30+/m0/s1. The Morgan fingerprint density at radius 1 is 1.02 bits per heavy atom. The molecule has 5 atom stereocenters. The third-order valence-electron chi connectivity index (χ3n) is 9.19. The number of carbonyl (C=O) groups is 3. The van der Waals surface area contributed by atoms with Crippen LogP contribution in [0.3, 0.4) is 0 Å². The molecule has 0 bridgehead atoms. The molecule has 2 aliphatic heterocycles. The number of amides is 2. The lowest BCUT2D eigenvalue weighted by molar-refractivity contribution is -0.148. The van der Waals surface area contributed by atoms with Gasteiger partial charge in [0.25, 0.3) is 0 Å². The summed E-state index contributed by atoms with van der Waals surface area (Å²) in [4.78, 5) is 46.4. The molecule has 1 saturated carbocycles. The van der Waals surface area contributed by atoms with E-state index in [-0.39, 0.29) is 43.3 Å². The number of aromatic amines is 1. The highest BCUT2D eigenvalue weighted by Gasteiger charge is 2.59. The Kier molecular flexibility index (Phi) is 7.90. The van der Waals surface area contributed by atoms with Crippen molar-refractivity contribution in [3.8, 4) is 0 Å².